The van der Waals surface area contributed by atoms with E-state index in [0.29, 0.717) is 5.69 Å². The summed E-state index contributed by atoms with van der Waals surface area (Å²) in [6.07, 6.45) is -0.270. The van der Waals surface area contributed by atoms with Crippen LogP contribution in [0.2, 0.25) is 0 Å². The van der Waals surface area contributed by atoms with Gasteiger partial charge in [0.1, 0.15) is 23.1 Å². The van der Waals surface area contributed by atoms with Crippen LogP contribution in [0.5, 0.6) is 0 Å². The number of esters is 1. The maximum atomic E-state index is 13.0. The van der Waals surface area contributed by atoms with E-state index in [4.69, 9.17) is 0 Å². The molecular weight excluding hydrogens is 345 g/mol. The number of benzene rings is 1. The molecule has 2 N–H and O–H groups in total. The van der Waals surface area contributed by atoms with Gasteiger partial charge in [0.05, 0.1) is 7.11 Å². The second-order valence-electron chi connectivity index (χ2n) is 5.80. The van der Waals surface area contributed by atoms with Gasteiger partial charge in [-0.25, -0.2) is 9.18 Å². The van der Waals surface area contributed by atoms with Crippen molar-refractivity contribution in [3.05, 3.63) is 41.4 Å². The number of ketones is 1. The summed E-state index contributed by atoms with van der Waals surface area (Å²) in [5, 5.41) is 5.15. The van der Waals surface area contributed by atoms with Crippen molar-refractivity contribution in [3.63, 3.8) is 0 Å². The number of amides is 2. The van der Waals surface area contributed by atoms with Gasteiger partial charge in [-0.05, 0) is 24.3 Å². The number of fused-ring (bicyclic) bond motifs is 1. The summed E-state index contributed by atoms with van der Waals surface area (Å²) in [4.78, 5) is 50.6. The highest BCUT2D eigenvalue weighted by Gasteiger charge is 2.44. The van der Waals surface area contributed by atoms with Crippen molar-refractivity contribution in [1.29, 1.82) is 0 Å². The van der Waals surface area contributed by atoms with Gasteiger partial charge >= 0.3 is 5.97 Å². The third-order valence-corrected chi connectivity index (χ3v) is 4.22. The Morgan fingerprint density at radius 3 is 2.62 bits per heavy atom. The lowest BCUT2D eigenvalue weighted by atomic mass is 9.92. The van der Waals surface area contributed by atoms with Gasteiger partial charge in [-0.3, -0.25) is 14.4 Å². The highest BCUT2D eigenvalue weighted by molar-refractivity contribution is 6.24. The Bertz CT molecular complexity index is 818. The molecule has 3 rings (SSSR count). The van der Waals surface area contributed by atoms with Crippen LogP contribution in [0.3, 0.4) is 0 Å². The maximum absolute atomic E-state index is 13.0. The summed E-state index contributed by atoms with van der Waals surface area (Å²) in [6.45, 7) is 0.529. The maximum Gasteiger partial charge on any atom is 0.343 e. The van der Waals surface area contributed by atoms with Crippen LogP contribution in [-0.2, 0) is 23.9 Å². The summed E-state index contributed by atoms with van der Waals surface area (Å²) in [6, 6.07) is 4.20. The molecule has 136 valence electrons. The molecular formula is C17H16FN3O5. The third kappa shape index (κ3) is 3.15. The predicted molar refractivity (Wildman–Crippen MR) is 87.2 cm³/mol. The van der Waals surface area contributed by atoms with E-state index in [-0.39, 0.29) is 30.8 Å². The first-order valence-corrected chi connectivity index (χ1v) is 7.89. The van der Waals surface area contributed by atoms with Crippen LogP contribution >= 0.6 is 0 Å². The van der Waals surface area contributed by atoms with Gasteiger partial charge in [-0.15, -0.1) is 0 Å². The number of nitrogens with one attached hydrogen (secondary N) is 2. The van der Waals surface area contributed by atoms with E-state index in [1.54, 1.807) is 0 Å². The summed E-state index contributed by atoms with van der Waals surface area (Å²) < 4.78 is 17.6. The Hall–Kier alpha value is -3.23. The van der Waals surface area contributed by atoms with E-state index in [0.717, 1.165) is 7.11 Å². The average molecular weight is 361 g/mol. The van der Waals surface area contributed by atoms with E-state index >= 15 is 0 Å². The molecule has 1 fully saturated rings. The number of anilines is 1. The smallest absolute Gasteiger partial charge is 0.343 e. The van der Waals surface area contributed by atoms with Gasteiger partial charge in [0.25, 0.3) is 5.91 Å². The number of carbonyl (C=O) groups excluding carboxylic acids is 4. The Kier molecular flexibility index (Phi) is 4.70. The van der Waals surface area contributed by atoms with E-state index < -0.39 is 35.4 Å². The summed E-state index contributed by atoms with van der Waals surface area (Å²) >= 11 is 0. The Morgan fingerprint density at radius 1 is 1.27 bits per heavy atom. The Labute approximate surface area is 148 Å². The van der Waals surface area contributed by atoms with Crippen molar-refractivity contribution < 1.29 is 28.3 Å². The van der Waals surface area contributed by atoms with Crippen LogP contribution < -0.4 is 10.6 Å². The summed E-state index contributed by atoms with van der Waals surface area (Å²) in [5.41, 5.74) is -0.149. The van der Waals surface area contributed by atoms with Crippen LogP contribution in [0.25, 0.3) is 0 Å². The molecule has 2 aliphatic rings. The first-order chi connectivity index (χ1) is 12.4. The number of halogens is 1. The second kappa shape index (κ2) is 6.95. The fraction of sp³-hybridized carbons (Fsp3) is 0.294. The zero-order chi connectivity index (χ0) is 18.8. The average Bonchev–Trinajstić information content (AvgIpc) is 2.63. The number of rotatable bonds is 3. The largest absolute Gasteiger partial charge is 0.465 e. The highest BCUT2D eigenvalue weighted by Crippen LogP contribution is 2.28. The van der Waals surface area contributed by atoms with Gasteiger partial charge < -0.3 is 20.3 Å². The van der Waals surface area contributed by atoms with Gasteiger partial charge in [0.2, 0.25) is 5.91 Å². The fourth-order valence-electron chi connectivity index (χ4n) is 3.01. The molecule has 26 heavy (non-hydrogen) atoms. The van der Waals surface area contributed by atoms with Gasteiger partial charge in [-0.2, -0.15) is 0 Å². The van der Waals surface area contributed by atoms with Crippen molar-refractivity contribution in [1.82, 2.24) is 10.2 Å². The van der Waals surface area contributed by atoms with Crippen molar-refractivity contribution in [2.24, 2.45) is 0 Å². The van der Waals surface area contributed by atoms with Gasteiger partial charge in [0.15, 0.2) is 5.78 Å². The lowest BCUT2D eigenvalue weighted by Crippen LogP contribution is -2.57. The van der Waals surface area contributed by atoms with Crippen LogP contribution in [0, 0.1) is 5.82 Å². The molecule has 0 spiro atoms. The molecule has 8 nitrogen and oxygen atoms in total. The number of hydrogen-bond donors (Lipinski definition) is 2. The van der Waals surface area contributed by atoms with E-state index in [1.807, 2.05) is 0 Å². The molecule has 2 aliphatic heterocycles. The number of nitrogens with zero attached hydrogens (tertiary/aromatic N) is 1. The zero-order valence-corrected chi connectivity index (χ0v) is 13.9. The van der Waals surface area contributed by atoms with Crippen molar-refractivity contribution in [3.8, 4) is 0 Å². The molecule has 0 aliphatic carbocycles. The number of ether oxygens (including phenoxy) is 1. The molecule has 1 unspecified atom stereocenters. The molecule has 9 heteroatoms. The third-order valence-electron chi connectivity index (χ3n) is 4.22. The SMILES string of the molecule is COC(=O)C1=C2C(=O)NCCN2C(C(=O)Nc2ccc(F)cc2)CC1=O. The number of carbonyl (C=O) groups is 4. The lowest BCUT2D eigenvalue weighted by Gasteiger charge is -2.40. The van der Waals surface area contributed by atoms with Crippen molar-refractivity contribution >= 4 is 29.3 Å². The van der Waals surface area contributed by atoms with Crippen LogP contribution in [0.1, 0.15) is 6.42 Å². The van der Waals surface area contributed by atoms with Crippen molar-refractivity contribution in [2.45, 2.75) is 12.5 Å². The molecule has 0 aromatic heterocycles. The van der Waals surface area contributed by atoms with Gasteiger partial charge in [0, 0.05) is 25.2 Å². The number of hydrogen-bond acceptors (Lipinski definition) is 6. The molecule has 1 atom stereocenters. The first kappa shape index (κ1) is 17.6. The minimum absolute atomic E-state index is 0.154. The molecule has 0 bridgehead atoms. The quantitative estimate of drug-likeness (QED) is 0.578. The van der Waals surface area contributed by atoms with Crippen LogP contribution in [0.4, 0.5) is 10.1 Å². The number of methoxy groups -OCH3 is 1. The lowest BCUT2D eigenvalue weighted by molar-refractivity contribution is -0.141. The summed E-state index contributed by atoms with van der Waals surface area (Å²) in [7, 11) is 1.11. The number of Topliss-reactive ketones (excluding diaryl/α,β-unsaturated/α-hetero) is 1. The van der Waals surface area contributed by atoms with Gasteiger partial charge in [-0.1, -0.05) is 0 Å². The highest BCUT2D eigenvalue weighted by atomic mass is 19.1. The standard InChI is InChI=1S/C17H16FN3O5/c1-26-17(25)13-12(22)8-11(21-7-6-19-16(24)14(13)21)15(23)20-10-4-2-9(18)3-5-10/h2-5,11H,6-8H2,1H3,(H,19,24)(H,20,23). The molecule has 2 amide bonds. The van der Waals surface area contributed by atoms with E-state index in [2.05, 4.69) is 15.4 Å². The molecule has 1 saturated heterocycles. The Balaban J connectivity index is 1.92. The minimum atomic E-state index is -0.956. The second-order valence-corrected chi connectivity index (χ2v) is 5.80. The van der Waals surface area contributed by atoms with Crippen LogP contribution in [0.15, 0.2) is 35.5 Å². The van der Waals surface area contributed by atoms with Crippen LogP contribution in [-0.4, -0.2) is 54.7 Å². The van der Waals surface area contributed by atoms with E-state index in [1.165, 1.54) is 29.2 Å². The topological polar surface area (TPSA) is 105 Å². The Morgan fingerprint density at radius 2 is 1.96 bits per heavy atom. The number of piperazine rings is 1. The van der Waals surface area contributed by atoms with E-state index in [9.17, 15) is 23.6 Å². The monoisotopic (exact) mass is 361 g/mol. The fourth-order valence-corrected chi connectivity index (χ4v) is 3.01. The predicted octanol–water partition coefficient (Wildman–Crippen LogP) is -0.0355. The first-order valence-electron chi connectivity index (χ1n) is 7.89. The molecule has 1 aromatic carbocycles. The molecule has 0 radical (unpaired) electrons. The molecule has 1 aromatic rings. The van der Waals surface area contributed by atoms with Crippen molar-refractivity contribution in [2.75, 3.05) is 25.5 Å². The molecule has 0 saturated carbocycles. The zero-order valence-electron chi connectivity index (χ0n) is 13.9. The minimum Gasteiger partial charge on any atom is -0.465 e. The molecule has 2 heterocycles. The summed E-state index contributed by atoms with van der Waals surface area (Å²) in [5.74, 6) is -3.13. The normalized spacial score (nSPS) is 19.6.